The minimum Gasteiger partial charge on any atom is -0.278 e. The predicted octanol–water partition coefficient (Wildman–Crippen LogP) is 5.05. The van der Waals surface area contributed by atoms with Crippen LogP contribution in [0.2, 0.25) is 0 Å². The topological polar surface area (TPSA) is 24.4 Å². The molecule has 0 radical (unpaired) electrons. The van der Waals surface area contributed by atoms with Crippen molar-refractivity contribution >= 4 is 38.6 Å². The lowest BCUT2D eigenvalue weighted by Crippen LogP contribution is -1.90. The molecular formula is C17H13BrN2. The standard InChI is InChI=1S/C17H13BrN2/c18-16-7-3-4-13(10-16)12-19-20-17-9-8-14-5-1-2-6-15(14)11-17/h1-12,20H/b19-12-. The van der Waals surface area contributed by atoms with Gasteiger partial charge in [-0.05, 0) is 40.6 Å². The number of nitrogens with one attached hydrogen (secondary N) is 1. The van der Waals surface area contributed by atoms with Crippen LogP contribution in [-0.2, 0) is 0 Å². The molecule has 98 valence electrons. The minimum atomic E-state index is 0.981. The lowest BCUT2D eigenvalue weighted by Gasteiger charge is -2.02. The molecule has 3 aromatic rings. The summed E-state index contributed by atoms with van der Waals surface area (Å²) in [5.74, 6) is 0. The second-order valence-electron chi connectivity index (χ2n) is 4.49. The Bertz CT molecular complexity index is 766. The van der Waals surface area contributed by atoms with Gasteiger partial charge in [-0.25, -0.2) is 0 Å². The first kappa shape index (κ1) is 12.9. The van der Waals surface area contributed by atoms with Gasteiger partial charge in [0.15, 0.2) is 0 Å². The molecule has 20 heavy (non-hydrogen) atoms. The second-order valence-corrected chi connectivity index (χ2v) is 5.40. The average molecular weight is 325 g/mol. The first-order valence-corrected chi connectivity index (χ1v) is 7.14. The van der Waals surface area contributed by atoms with Crippen molar-refractivity contribution in [3.8, 4) is 0 Å². The SMILES string of the molecule is Brc1cccc(/C=N\Nc2ccc3ccccc3c2)c1. The van der Waals surface area contributed by atoms with Gasteiger partial charge in [-0.15, -0.1) is 0 Å². The van der Waals surface area contributed by atoms with E-state index in [1.807, 2.05) is 42.5 Å². The Hall–Kier alpha value is -2.13. The second kappa shape index (κ2) is 5.88. The highest BCUT2D eigenvalue weighted by atomic mass is 79.9. The Morgan fingerprint density at radius 3 is 2.55 bits per heavy atom. The van der Waals surface area contributed by atoms with Crippen LogP contribution in [0, 0.1) is 0 Å². The zero-order valence-electron chi connectivity index (χ0n) is 10.8. The molecule has 0 bridgehead atoms. The fourth-order valence-corrected chi connectivity index (χ4v) is 2.44. The summed E-state index contributed by atoms with van der Waals surface area (Å²) < 4.78 is 1.05. The first-order valence-electron chi connectivity index (χ1n) is 6.35. The van der Waals surface area contributed by atoms with E-state index in [0.29, 0.717) is 0 Å². The van der Waals surface area contributed by atoms with E-state index in [1.54, 1.807) is 6.21 Å². The van der Waals surface area contributed by atoms with Crippen LogP contribution in [0.15, 0.2) is 76.3 Å². The summed E-state index contributed by atoms with van der Waals surface area (Å²) in [7, 11) is 0. The van der Waals surface area contributed by atoms with Gasteiger partial charge in [0.25, 0.3) is 0 Å². The van der Waals surface area contributed by atoms with Crippen LogP contribution in [0.3, 0.4) is 0 Å². The van der Waals surface area contributed by atoms with E-state index in [9.17, 15) is 0 Å². The summed E-state index contributed by atoms with van der Waals surface area (Å²) in [6, 6.07) is 22.5. The van der Waals surface area contributed by atoms with Gasteiger partial charge in [0, 0.05) is 4.47 Å². The molecule has 0 aliphatic carbocycles. The molecule has 0 heterocycles. The van der Waals surface area contributed by atoms with Gasteiger partial charge in [0.1, 0.15) is 0 Å². The Morgan fingerprint density at radius 1 is 0.850 bits per heavy atom. The van der Waals surface area contributed by atoms with Crippen molar-refractivity contribution in [2.45, 2.75) is 0 Å². The number of anilines is 1. The quantitative estimate of drug-likeness (QED) is 0.529. The van der Waals surface area contributed by atoms with Gasteiger partial charge in [-0.2, -0.15) is 5.10 Å². The third-order valence-electron chi connectivity index (χ3n) is 3.01. The zero-order valence-corrected chi connectivity index (χ0v) is 12.3. The summed E-state index contributed by atoms with van der Waals surface area (Å²) in [4.78, 5) is 0. The van der Waals surface area contributed by atoms with Crippen molar-refractivity contribution in [2.75, 3.05) is 5.43 Å². The number of hydrogen-bond acceptors (Lipinski definition) is 2. The molecule has 0 spiro atoms. The average Bonchev–Trinajstić information content (AvgIpc) is 2.47. The Kier molecular flexibility index (Phi) is 3.79. The number of hydrazone groups is 1. The maximum atomic E-state index is 4.26. The number of nitrogens with zero attached hydrogens (tertiary/aromatic N) is 1. The van der Waals surface area contributed by atoms with Gasteiger partial charge in [-0.3, -0.25) is 5.43 Å². The first-order chi connectivity index (χ1) is 9.81. The molecule has 0 aromatic heterocycles. The summed E-state index contributed by atoms with van der Waals surface area (Å²) in [5.41, 5.74) is 5.09. The molecule has 1 N–H and O–H groups in total. The summed E-state index contributed by atoms with van der Waals surface area (Å²) in [5, 5.41) is 6.70. The number of rotatable bonds is 3. The number of benzene rings is 3. The highest BCUT2D eigenvalue weighted by Gasteiger charge is 1.94. The lowest BCUT2D eigenvalue weighted by atomic mass is 10.1. The molecule has 0 unspecified atom stereocenters. The van der Waals surface area contributed by atoms with Gasteiger partial charge in [-0.1, -0.05) is 58.4 Å². The van der Waals surface area contributed by atoms with E-state index in [-0.39, 0.29) is 0 Å². The Morgan fingerprint density at radius 2 is 1.70 bits per heavy atom. The molecule has 0 aliphatic heterocycles. The molecule has 0 atom stereocenters. The summed E-state index contributed by atoms with van der Waals surface area (Å²) in [6.45, 7) is 0. The van der Waals surface area contributed by atoms with Crippen molar-refractivity contribution in [3.05, 3.63) is 76.8 Å². The van der Waals surface area contributed by atoms with Gasteiger partial charge >= 0.3 is 0 Å². The lowest BCUT2D eigenvalue weighted by molar-refractivity contribution is 1.35. The van der Waals surface area contributed by atoms with Crippen molar-refractivity contribution in [3.63, 3.8) is 0 Å². The number of hydrogen-bond donors (Lipinski definition) is 1. The third kappa shape index (κ3) is 3.06. The van der Waals surface area contributed by atoms with E-state index in [0.717, 1.165) is 15.7 Å². The maximum Gasteiger partial charge on any atom is 0.0568 e. The van der Waals surface area contributed by atoms with Crippen molar-refractivity contribution in [1.29, 1.82) is 0 Å². The molecule has 2 nitrogen and oxygen atoms in total. The van der Waals surface area contributed by atoms with Crippen LogP contribution in [0.5, 0.6) is 0 Å². The largest absolute Gasteiger partial charge is 0.278 e. The van der Waals surface area contributed by atoms with Crippen LogP contribution in [-0.4, -0.2) is 6.21 Å². The predicted molar refractivity (Wildman–Crippen MR) is 89.3 cm³/mol. The molecule has 0 amide bonds. The monoisotopic (exact) mass is 324 g/mol. The van der Waals surface area contributed by atoms with E-state index in [4.69, 9.17) is 0 Å². The minimum absolute atomic E-state index is 0.981. The van der Waals surface area contributed by atoms with E-state index >= 15 is 0 Å². The van der Waals surface area contributed by atoms with Gasteiger partial charge in [0.2, 0.25) is 0 Å². The van der Waals surface area contributed by atoms with Crippen LogP contribution in [0.4, 0.5) is 5.69 Å². The molecule has 0 saturated heterocycles. The fourth-order valence-electron chi connectivity index (χ4n) is 2.03. The normalized spacial score (nSPS) is 11.1. The van der Waals surface area contributed by atoms with Crippen LogP contribution < -0.4 is 5.43 Å². The highest BCUT2D eigenvalue weighted by molar-refractivity contribution is 9.10. The maximum absolute atomic E-state index is 4.26. The molecule has 0 aliphatic rings. The van der Waals surface area contributed by atoms with Crippen LogP contribution in [0.25, 0.3) is 10.8 Å². The molecule has 0 fully saturated rings. The molecule has 0 saturated carbocycles. The third-order valence-corrected chi connectivity index (χ3v) is 3.50. The molecular weight excluding hydrogens is 312 g/mol. The molecule has 3 aromatic carbocycles. The molecule has 3 heteroatoms. The summed E-state index contributed by atoms with van der Waals surface area (Å²) in [6.07, 6.45) is 1.81. The Balaban J connectivity index is 1.76. The number of halogens is 1. The highest BCUT2D eigenvalue weighted by Crippen LogP contribution is 2.18. The van der Waals surface area contributed by atoms with Crippen LogP contribution >= 0.6 is 15.9 Å². The van der Waals surface area contributed by atoms with Crippen molar-refractivity contribution in [2.24, 2.45) is 5.10 Å². The van der Waals surface area contributed by atoms with Crippen molar-refractivity contribution < 1.29 is 0 Å². The van der Waals surface area contributed by atoms with E-state index in [1.165, 1.54) is 10.8 Å². The van der Waals surface area contributed by atoms with Gasteiger partial charge < -0.3 is 0 Å². The smallest absolute Gasteiger partial charge is 0.0568 e. The van der Waals surface area contributed by atoms with E-state index in [2.05, 4.69) is 50.7 Å². The zero-order chi connectivity index (χ0) is 13.8. The molecule has 3 rings (SSSR count). The van der Waals surface area contributed by atoms with E-state index < -0.39 is 0 Å². The number of fused-ring (bicyclic) bond motifs is 1. The van der Waals surface area contributed by atoms with Crippen LogP contribution in [0.1, 0.15) is 5.56 Å². The van der Waals surface area contributed by atoms with Gasteiger partial charge in [0.05, 0.1) is 11.9 Å². The summed E-state index contributed by atoms with van der Waals surface area (Å²) >= 11 is 3.44. The fraction of sp³-hybridized carbons (Fsp3) is 0. The Labute approximate surface area is 126 Å². The van der Waals surface area contributed by atoms with Crippen molar-refractivity contribution in [1.82, 2.24) is 0 Å².